The van der Waals surface area contributed by atoms with Gasteiger partial charge in [-0.05, 0) is 42.3 Å². The molecular formula is C22H26N4O. The van der Waals surface area contributed by atoms with Gasteiger partial charge in [0.15, 0.2) is 0 Å². The van der Waals surface area contributed by atoms with Crippen molar-refractivity contribution in [1.29, 1.82) is 5.26 Å². The zero-order chi connectivity index (χ0) is 19.2. The second-order valence-electron chi connectivity index (χ2n) is 7.18. The van der Waals surface area contributed by atoms with Gasteiger partial charge in [-0.2, -0.15) is 5.26 Å². The molecular weight excluding hydrogens is 336 g/mol. The second kappa shape index (κ2) is 8.70. The molecule has 0 spiro atoms. The number of carbonyl (C=O) groups is 1. The number of rotatable bonds is 4. The molecule has 2 aromatic rings. The number of anilines is 1. The van der Waals surface area contributed by atoms with Gasteiger partial charge in [-0.15, -0.1) is 0 Å². The highest BCUT2D eigenvalue weighted by molar-refractivity contribution is 5.95. The van der Waals surface area contributed by atoms with E-state index in [0.717, 1.165) is 50.4 Å². The van der Waals surface area contributed by atoms with Gasteiger partial charge < -0.3 is 9.80 Å². The molecule has 0 radical (unpaired) electrons. The summed E-state index contributed by atoms with van der Waals surface area (Å²) in [5.74, 6) is 0.110. The summed E-state index contributed by atoms with van der Waals surface area (Å²) in [4.78, 5) is 19.3. The largest absolute Gasteiger partial charge is 0.378 e. The average molecular weight is 362 g/mol. The number of nitriles is 1. The quantitative estimate of drug-likeness (QED) is 0.839. The van der Waals surface area contributed by atoms with E-state index in [0.29, 0.717) is 5.56 Å². The van der Waals surface area contributed by atoms with E-state index >= 15 is 0 Å². The summed E-state index contributed by atoms with van der Waals surface area (Å²) in [7, 11) is 3.97. The van der Waals surface area contributed by atoms with Crippen molar-refractivity contribution in [2.45, 2.75) is 13.0 Å². The van der Waals surface area contributed by atoms with Crippen LogP contribution in [0.2, 0.25) is 0 Å². The summed E-state index contributed by atoms with van der Waals surface area (Å²) in [6.07, 6.45) is 0.968. The zero-order valence-electron chi connectivity index (χ0n) is 16.1. The topological polar surface area (TPSA) is 50.6 Å². The van der Waals surface area contributed by atoms with Crippen LogP contribution in [0.5, 0.6) is 0 Å². The standard InChI is InChI=1S/C22H26N4O/c1-24(2)21-6-3-5-20(15-21)22(27)26-12-4-11-25(13-14-26)17-19-9-7-18(16-23)8-10-19/h3,5-10,15H,4,11-14,17H2,1-2H3. The highest BCUT2D eigenvalue weighted by atomic mass is 16.2. The molecule has 0 unspecified atom stereocenters. The SMILES string of the molecule is CN(C)c1cccc(C(=O)N2CCCN(Cc3ccc(C#N)cc3)CC2)c1. The van der Waals surface area contributed by atoms with Crippen molar-refractivity contribution in [1.82, 2.24) is 9.80 Å². The number of nitrogens with zero attached hydrogens (tertiary/aromatic N) is 4. The Labute approximate surface area is 161 Å². The molecule has 2 aromatic carbocycles. The number of benzene rings is 2. The molecule has 1 saturated heterocycles. The van der Waals surface area contributed by atoms with Crippen LogP contribution in [-0.4, -0.2) is 56.0 Å². The Morgan fingerprint density at radius 3 is 2.56 bits per heavy atom. The van der Waals surface area contributed by atoms with E-state index < -0.39 is 0 Å². The predicted molar refractivity (Wildman–Crippen MR) is 108 cm³/mol. The van der Waals surface area contributed by atoms with E-state index in [1.54, 1.807) is 0 Å². The minimum Gasteiger partial charge on any atom is -0.378 e. The summed E-state index contributed by atoms with van der Waals surface area (Å²) in [5.41, 5.74) is 3.68. The first kappa shape index (κ1) is 18.9. The van der Waals surface area contributed by atoms with Crippen molar-refractivity contribution in [2.75, 3.05) is 45.2 Å². The van der Waals surface area contributed by atoms with Crippen LogP contribution in [0.3, 0.4) is 0 Å². The third kappa shape index (κ3) is 4.87. The van der Waals surface area contributed by atoms with Crippen molar-refractivity contribution in [3.8, 4) is 6.07 Å². The molecule has 0 aromatic heterocycles. The summed E-state index contributed by atoms with van der Waals surface area (Å²) in [6.45, 7) is 4.21. The third-order valence-electron chi connectivity index (χ3n) is 4.97. The van der Waals surface area contributed by atoms with E-state index in [-0.39, 0.29) is 5.91 Å². The van der Waals surface area contributed by atoms with Gasteiger partial charge in [-0.25, -0.2) is 0 Å². The van der Waals surface area contributed by atoms with Gasteiger partial charge in [0.1, 0.15) is 0 Å². The molecule has 0 saturated carbocycles. The van der Waals surface area contributed by atoms with Crippen LogP contribution >= 0.6 is 0 Å². The van der Waals surface area contributed by atoms with E-state index in [4.69, 9.17) is 5.26 Å². The Kier molecular flexibility index (Phi) is 6.10. The van der Waals surface area contributed by atoms with Crippen LogP contribution in [0.1, 0.15) is 27.9 Å². The van der Waals surface area contributed by atoms with Gasteiger partial charge in [0.25, 0.3) is 5.91 Å². The summed E-state index contributed by atoms with van der Waals surface area (Å²) in [5, 5.41) is 8.91. The Morgan fingerprint density at radius 2 is 1.85 bits per heavy atom. The maximum absolute atomic E-state index is 12.9. The minimum absolute atomic E-state index is 0.110. The van der Waals surface area contributed by atoms with Crippen molar-refractivity contribution in [3.05, 3.63) is 65.2 Å². The second-order valence-corrected chi connectivity index (χ2v) is 7.18. The molecule has 1 aliphatic heterocycles. The van der Waals surface area contributed by atoms with Crippen molar-refractivity contribution >= 4 is 11.6 Å². The highest BCUT2D eigenvalue weighted by Gasteiger charge is 2.20. The van der Waals surface area contributed by atoms with Gasteiger partial charge in [0, 0.05) is 58.1 Å². The first-order valence-corrected chi connectivity index (χ1v) is 9.35. The van der Waals surface area contributed by atoms with Crippen LogP contribution in [0.4, 0.5) is 5.69 Å². The summed E-state index contributed by atoms with van der Waals surface area (Å²) < 4.78 is 0. The highest BCUT2D eigenvalue weighted by Crippen LogP contribution is 2.17. The van der Waals surface area contributed by atoms with Crippen LogP contribution in [-0.2, 0) is 6.54 Å². The number of hydrogen-bond donors (Lipinski definition) is 0. The van der Waals surface area contributed by atoms with Crippen LogP contribution in [0.25, 0.3) is 0 Å². The Balaban J connectivity index is 1.61. The molecule has 140 valence electrons. The summed E-state index contributed by atoms with van der Waals surface area (Å²) >= 11 is 0. The molecule has 1 heterocycles. The zero-order valence-corrected chi connectivity index (χ0v) is 16.1. The lowest BCUT2D eigenvalue weighted by Gasteiger charge is -2.23. The smallest absolute Gasteiger partial charge is 0.253 e. The van der Waals surface area contributed by atoms with Gasteiger partial charge in [0.05, 0.1) is 11.6 Å². The molecule has 3 rings (SSSR count). The fourth-order valence-electron chi connectivity index (χ4n) is 3.37. The predicted octanol–water partition coefficient (Wildman–Crippen LogP) is 2.97. The first-order chi connectivity index (χ1) is 13.1. The third-order valence-corrected chi connectivity index (χ3v) is 4.97. The maximum Gasteiger partial charge on any atom is 0.253 e. The van der Waals surface area contributed by atoms with Crippen LogP contribution < -0.4 is 4.90 Å². The lowest BCUT2D eigenvalue weighted by molar-refractivity contribution is 0.0761. The van der Waals surface area contributed by atoms with E-state index in [9.17, 15) is 4.79 Å². The lowest BCUT2D eigenvalue weighted by Crippen LogP contribution is -2.35. The molecule has 5 heteroatoms. The van der Waals surface area contributed by atoms with Gasteiger partial charge in [-0.1, -0.05) is 18.2 Å². The molecule has 1 amide bonds. The van der Waals surface area contributed by atoms with Crippen molar-refractivity contribution in [2.24, 2.45) is 0 Å². The Morgan fingerprint density at radius 1 is 1.07 bits per heavy atom. The maximum atomic E-state index is 12.9. The molecule has 0 atom stereocenters. The van der Waals surface area contributed by atoms with Crippen LogP contribution in [0.15, 0.2) is 48.5 Å². The number of amides is 1. The van der Waals surface area contributed by atoms with E-state index in [1.807, 2.05) is 72.4 Å². The molecule has 0 aliphatic carbocycles. The minimum atomic E-state index is 0.110. The van der Waals surface area contributed by atoms with E-state index in [2.05, 4.69) is 11.0 Å². The van der Waals surface area contributed by atoms with Crippen molar-refractivity contribution < 1.29 is 4.79 Å². The number of carbonyl (C=O) groups excluding carboxylic acids is 1. The van der Waals surface area contributed by atoms with Gasteiger partial charge in [-0.3, -0.25) is 9.69 Å². The average Bonchev–Trinajstić information content (AvgIpc) is 2.93. The molecule has 0 N–H and O–H groups in total. The monoisotopic (exact) mass is 362 g/mol. The van der Waals surface area contributed by atoms with E-state index in [1.165, 1.54) is 5.56 Å². The molecule has 27 heavy (non-hydrogen) atoms. The fraction of sp³-hybridized carbons (Fsp3) is 0.364. The van der Waals surface area contributed by atoms with Gasteiger partial charge in [0.2, 0.25) is 0 Å². The van der Waals surface area contributed by atoms with Crippen LogP contribution in [0, 0.1) is 11.3 Å². The lowest BCUT2D eigenvalue weighted by atomic mass is 10.1. The van der Waals surface area contributed by atoms with Crippen molar-refractivity contribution in [3.63, 3.8) is 0 Å². The molecule has 1 fully saturated rings. The summed E-state index contributed by atoms with van der Waals surface area (Å²) in [6, 6.07) is 17.7. The van der Waals surface area contributed by atoms with Gasteiger partial charge >= 0.3 is 0 Å². The molecule has 0 bridgehead atoms. The first-order valence-electron chi connectivity index (χ1n) is 9.35. The normalized spacial score (nSPS) is 15.1. The Bertz CT molecular complexity index is 823. The molecule has 1 aliphatic rings. The Hall–Kier alpha value is -2.84. The fourth-order valence-corrected chi connectivity index (χ4v) is 3.37. The number of hydrogen-bond acceptors (Lipinski definition) is 4. The molecule has 5 nitrogen and oxygen atoms in total.